The van der Waals surface area contributed by atoms with Crippen molar-refractivity contribution in [3.8, 4) is 0 Å². The summed E-state index contributed by atoms with van der Waals surface area (Å²) in [4.78, 5) is 16.0. The molecule has 126 valence electrons. The maximum absolute atomic E-state index is 13.1. The van der Waals surface area contributed by atoms with Gasteiger partial charge in [-0.25, -0.2) is 0 Å². The second kappa shape index (κ2) is 7.66. The van der Waals surface area contributed by atoms with Gasteiger partial charge in [-0.3, -0.25) is 9.48 Å². The highest BCUT2D eigenvalue weighted by molar-refractivity contribution is 7.16. The van der Waals surface area contributed by atoms with Gasteiger partial charge in [0, 0.05) is 24.3 Å². The van der Waals surface area contributed by atoms with Crippen LogP contribution in [-0.2, 0) is 16.9 Å². The van der Waals surface area contributed by atoms with E-state index in [9.17, 15) is 4.79 Å². The van der Waals surface area contributed by atoms with Crippen LogP contribution in [0.15, 0.2) is 30.6 Å². The first kappa shape index (κ1) is 18.3. The SMILES string of the molecule is CN(Cc1ccc(Cl)s1)C(=O)C1(n2cccn2)CCNCC1.Cl. The van der Waals surface area contributed by atoms with E-state index in [1.807, 2.05) is 36.1 Å². The van der Waals surface area contributed by atoms with Crippen molar-refractivity contribution in [2.24, 2.45) is 0 Å². The molecule has 3 rings (SSSR count). The summed E-state index contributed by atoms with van der Waals surface area (Å²) >= 11 is 7.49. The van der Waals surface area contributed by atoms with Crippen molar-refractivity contribution in [1.29, 1.82) is 0 Å². The summed E-state index contributed by atoms with van der Waals surface area (Å²) < 4.78 is 2.58. The quantitative estimate of drug-likeness (QED) is 0.894. The van der Waals surface area contributed by atoms with Gasteiger partial charge in [0.15, 0.2) is 0 Å². The smallest absolute Gasteiger partial charge is 0.250 e. The van der Waals surface area contributed by atoms with E-state index in [1.165, 1.54) is 11.3 Å². The van der Waals surface area contributed by atoms with E-state index in [-0.39, 0.29) is 18.3 Å². The Kier molecular flexibility index (Phi) is 6.08. The number of hydrogen-bond donors (Lipinski definition) is 1. The number of likely N-dealkylation sites (N-methyl/N-ethyl adjacent to an activating group) is 1. The molecule has 1 N–H and O–H groups in total. The molecule has 1 fully saturated rings. The predicted molar refractivity (Wildman–Crippen MR) is 95.4 cm³/mol. The molecule has 8 heteroatoms. The van der Waals surface area contributed by atoms with Crippen LogP contribution in [0.3, 0.4) is 0 Å². The minimum atomic E-state index is -0.579. The largest absolute Gasteiger partial charge is 0.339 e. The molecule has 1 saturated heterocycles. The number of carbonyl (C=O) groups excluding carboxylic acids is 1. The summed E-state index contributed by atoms with van der Waals surface area (Å²) in [6.07, 6.45) is 5.13. The number of nitrogens with zero attached hydrogens (tertiary/aromatic N) is 3. The topological polar surface area (TPSA) is 50.2 Å². The zero-order valence-corrected chi connectivity index (χ0v) is 15.3. The summed E-state index contributed by atoms with van der Waals surface area (Å²) in [5.41, 5.74) is -0.579. The Morgan fingerprint density at radius 3 is 2.78 bits per heavy atom. The van der Waals surface area contributed by atoms with Crippen LogP contribution < -0.4 is 5.32 Å². The van der Waals surface area contributed by atoms with E-state index < -0.39 is 5.54 Å². The van der Waals surface area contributed by atoms with Crippen molar-refractivity contribution in [3.63, 3.8) is 0 Å². The van der Waals surface area contributed by atoms with Crippen LogP contribution in [-0.4, -0.2) is 40.7 Å². The van der Waals surface area contributed by atoms with Gasteiger partial charge in [0.25, 0.3) is 5.91 Å². The molecule has 1 aliphatic heterocycles. The molecule has 0 radical (unpaired) electrons. The van der Waals surface area contributed by atoms with Crippen molar-refractivity contribution < 1.29 is 4.79 Å². The van der Waals surface area contributed by atoms with E-state index >= 15 is 0 Å². The minimum Gasteiger partial charge on any atom is -0.339 e. The fourth-order valence-corrected chi connectivity index (χ4v) is 4.14. The molecule has 0 saturated carbocycles. The maximum Gasteiger partial charge on any atom is 0.250 e. The van der Waals surface area contributed by atoms with E-state index in [0.29, 0.717) is 6.54 Å². The van der Waals surface area contributed by atoms with E-state index in [1.54, 1.807) is 11.1 Å². The Balaban J connectivity index is 0.00000192. The predicted octanol–water partition coefficient (Wildman–Crippen LogP) is 2.76. The number of halogens is 2. The summed E-state index contributed by atoms with van der Waals surface area (Å²) in [6.45, 7) is 2.22. The lowest BCUT2D eigenvalue weighted by molar-refractivity contribution is -0.142. The molecule has 2 aromatic heterocycles. The first-order valence-corrected chi connectivity index (χ1v) is 8.52. The number of nitrogens with one attached hydrogen (secondary N) is 1. The molecule has 23 heavy (non-hydrogen) atoms. The molecule has 0 bridgehead atoms. The molecule has 5 nitrogen and oxygen atoms in total. The highest BCUT2D eigenvalue weighted by atomic mass is 35.5. The Labute approximate surface area is 151 Å². The number of aromatic nitrogens is 2. The second-order valence-electron chi connectivity index (χ2n) is 5.60. The second-order valence-corrected chi connectivity index (χ2v) is 7.40. The van der Waals surface area contributed by atoms with Crippen molar-refractivity contribution in [2.75, 3.05) is 20.1 Å². The molecule has 0 aromatic carbocycles. The lowest BCUT2D eigenvalue weighted by Gasteiger charge is -2.39. The highest BCUT2D eigenvalue weighted by Crippen LogP contribution is 2.30. The lowest BCUT2D eigenvalue weighted by Crippen LogP contribution is -2.54. The van der Waals surface area contributed by atoms with Gasteiger partial charge in [0.05, 0.1) is 10.9 Å². The Bertz CT molecular complexity index is 638. The average molecular weight is 375 g/mol. The number of carbonyl (C=O) groups is 1. The lowest BCUT2D eigenvalue weighted by atomic mass is 9.87. The monoisotopic (exact) mass is 374 g/mol. The van der Waals surface area contributed by atoms with Gasteiger partial charge in [-0.05, 0) is 44.1 Å². The molecule has 0 atom stereocenters. The zero-order valence-electron chi connectivity index (χ0n) is 12.9. The standard InChI is InChI=1S/C15H19ClN4OS.ClH/c1-19(11-12-3-4-13(16)22-12)14(21)15(5-8-17-9-6-15)20-10-2-7-18-20;/h2-4,7,10,17H,5-6,8-9,11H2,1H3;1H. The van der Waals surface area contributed by atoms with Gasteiger partial charge >= 0.3 is 0 Å². The van der Waals surface area contributed by atoms with Crippen LogP contribution in [0.1, 0.15) is 17.7 Å². The molecule has 1 amide bonds. The number of hydrogen-bond acceptors (Lipinski definition) is 4. The minimum absolute atomic E-state index is 0. The molecular formula is C15H20Cl2N4OS. The molecule has 3 heterocycles. The Hall–Kier alpha value is -1.08. The molecular weight excluding hydrogens is 355 g/mol. The van der Waals surface area contributed by atoms with Crippen LogP contribution in [0, 0.1) is 0 Å². The Morgan fingerprint density at radius 1 is 1.48 bits per heavy atom. The normalized spacial score (nSPS) is 16.6. The summed E-state index contributed by atoms with van der Waals surface area (Å²) in [6, 6.07) is 5.71. The summed E-state index contributed by atoms with van der Waals surface area (Å²) in [5, 5.41) is 7.67. The van der Waals surface area contributed by atoms with Crippen molar-refractivity contribution in [1.82, 2.24) is 20.0 Å². The third-order valence-corrected chi connectivity index (χ3v) is 5.36. The van der Waals surface area contributed by atoms with Crippen molar-refractivity contribution in [3.05, 3.63) is 39.8 Å². The van der Waals surface area contributed by atoms with Crippen LogP contribution in [0.4, 0.5) is 0 Å². The summed E-state index contributed by atoms with van der Waals surface area (Å²) in [7, 11) is 1.85. The van der Waals surface area contributed by atoms with Crippen molar-refractivity contribution in [2.45, 2.75) is 24.9 Å². The first-order chi connectivity index (χ1) is 10.6. The van der Waals surface area contributed by atoms with Crippen LogP contribution in [0.2, 0.25) is 4.34 Å². The van der Waals surface area contributed by atoms with Crippen LogP contribution in [0.5, 0.6) is 0 Å². The number of piperidine rings is 1. The molecule has 0 spiro atoms. The molecule has 2 aromatic rings. The third kappa shape index (κ3) is 3.71. The fourth-order valence-electron chi connectivity index (χ4n) is 3.00. The third-order valence-electron chi connectivity index (χ3n) is 4.14. The summed E-state index contributed by atoms with van der Waals surface area (Å²) in [5.74, 6) is 0.113. The van der Waals surface area contributed by atoms with Gasteiger partial charge in [0.2, 0.25) is 0 Å². The average Bonchev–Trinajstić information content (AvgIpc) is 3.19. The highest BCUT2D eigenvalue weighted by Gasteiger charge is 2.43. The molecule has 0 unspecified atom stereocenters. The first-order valence-electron chi connectivity index (χ1n) is 7.32. The fraction of sp³-hybridized carbons (Fsp3) is 0.467. The number of thiophene rings is 1. The van der Waals surface area contributed by atoms with Gasteiger partial charge < -0.3 is 10.2 Å². The number of amides is 1. The van der Waals surface area contributed by atoms with Crippen LogP contribution in [0.25, 0.3) is 0 Å². The van der Waals surface area contributed by atoms with Crippen LogP contribution >= 0.6 is 35.3 Å². The van der Waals surface area contributed by atoms with Crippen molar-refractivity contribution >= 4 is 41.3 Å². The van der Waals surface area contributed by atoms with E-state index in [4.69, 9.17) is 11.6 Å². The van der Waals surface area contributed by atoms with Gasteiger partial charge in [-0.2, -0.15) is 5.10 Å². The molecule has 0 aliphatic carbocycles. The van der Waals surface area contributed by atoms with Gasteiger partial charge in [0.1, 0.15) is 5.54 Å². The van der Waals surface area contributed by atoms with Gasteiger partial charge in [-0.15, -0.1) is 23.7 Å². The number of rotatable bonds is 4. The van der Waals surface area contributed by atoms with E-state index in [0.717, 1.165) is 35.1 Å². The maximum atomic E-state index is 13.1. The van der Waals surface area contributed by atoms with Gasteiger partial charge in [-0.1, -0.05) is 11.6 Å². The Morgan fingerprint density at radius 2 is 2.22 bits per heavy atom. The molecule has 1 aliphatic rings. The van der Waals surface area contributed by atoms with E-state index in [2.05, 4.69) is 10.4 Å². The zero-order chi connectivity index (χ0) is 15.6.